The summed E-state index contributed by atoms with van der Waals surface area (Å²) >= 11 is 0. The van der Waals surface area contributed by atoms with Gasteiger partial charge in [0, 0.05) is 6.42 Å². The highest BCUT2D eigenvalue weighted by Gasteiger charge is 2.18. The zero-order valence-electron chi connectivity index (χ0n) is 10.1. The second-order valence-electron chi connectivity index (χ2n) is 3.93. The first-order chi connectivity index (χ1) is 8.99. The number of hydrogen-bond donors (Lipinski definition) is 2. The summed E-state index contributed by atoms with van der Waals surface area (Å²) in [6, 6.07) is 0.502. The molecule has 6 heteroatoms. The Hall–Kier alpha value is -1.82. The summed E-state index contributed by atoms with van der Waals surface area (Å²) in [5.74, 6) is -4.72. The van der Waals surface area contributed by atoms with E-state index in [1.165, 1.54) is 0 Å². The minimum atomic E-state index is -1.58. The van der Waals surface area contributed by atoms with Crippen molar-refractivity contribution < 1.29 is 23.1 Å². The lowest BCUT2D eigenvalue weighted by molar-refractivity contribution is -0.122. The molecular formula is C13H14F3NO2. The van der Waals surface area contributed by atoms with Crippen molar-refractivity contribution in [1.29, 1.82) is 0 Å². The molecule has 0 radical (unpaired) electrons. The van der Waals surface area contributed by atoms with E-state index in [9.17, 15) is 18.0 Å². The molecule has 1 aromatic rings. The summed E-state index contributed by atoms with van der Waals surface area (Å²) in [6.45, 7) is 2.90. The highest BCUT2D eigenvalue weighted by Crippen LogP contribution is 2.19. The number of amides is 1. The molecule has 1 unspecified atom stereocenters. The molecule has 0 saturated heterocycles. The van der Waals surface area contributed by atoms with Crippen LogP contribution < -0.4 is 5.32 Å². The first-order valence-electron chi connectivity index (χ1n) is 5.65. The van der Waals surface area contributed by atoms with E-state index in [2.05, 4.69) is 11.9 Å². The summed E-state index contributed by atoms with van der Waals surface area (Å²) in [5, 5.41) is 11.5. The topological polar surface area (TPSA) is 49.3 Å². The zero-order chi connectivity index (χ0) is 14.4. The molecular weight excluding hydrogens is 259 g/mol. The molecule has 1 aromatic carbocycles. The Kier molecular flexibility index (Phi) is 5.57. The van der Waals surface area contributed by atoms with Gasteiger partial charge in [-0.15, -0.1) is 6.58 Å². The summed E-state index contributed by atoms with van der Waals surface area (Å²) in [4.78, 5) is 11.4. The molecule has 0 aliphatic heterocycles. The molecule has 1 amide bonds. The Morgan fingerprint density at radius 1 is 1.37 bits per heavy atom. The van der Waals surface area contributed by atoms with Crippen LogP contribution in [0.2, 0.25) is 0 Å². The molecule has 0 fully saturated rings. The maximum Gasteiger partial charge on any atom is 0.220 e. The Balaban J connectivity index is 2.85. The molecule has 0 heterocycles. The number of allylic oxidation sites excluding steroid dienone is 1. The van der Waals surface area contributed by atoms with E-state index in [-0.39, 0.29) is 12.0 Å². The van der Waals surface area contributed by atoms with Crippen LogP contribution in [0.25, 0.3) is 0 Å². The number of halogens is 3. The van der Waals surface area contributed by atoms with Crippen LogP contribution in [0.1, 0.15) is 24.4 Å². The van der Waals surface area contributed by atoms with Gasteiger partial charge in [0.15, 0.2) is 17.5 Å². The fraction of sp³-hybridized carbons (Fsp3) is 0.308. The summed E-state index contributed by atoms with van der Waals surface area (Å²) in [5.41, 5.74) is -0.0362. The van der Waals surface area contributed by atoms with Gasteiger partial charge in [0.25, 0.3) is 0 Å². The minimum absolute atomic E-state index is 0.0362. The van der Waals surface area contributed by atoms with Crippen molar-refractivity contribution in [2.45, 2.75) is 18.9 Å². The predicted molar refractivity (Wildman–Crippen MR) is 63.7 cm³/mol. The monoisotopic (exact) mass is 273 g/mol. The molecule has 104 valence electrons. The lowest BCUT2D eigenvalue weighted by atomic mass is 10.1. The summed E-state index contributed by atoms with van der Waals surface area (Å²) in [6.07, 6.45) is 2.13. The second-order valence-corrected chi connectivity index (χ2v) is 3.93. The fourth-order valence-electron chi connectivity index (χ4n) is 1.51. The average Bonchev–Trinajstić information content (AvgIpc) is 2.39. The van der Waals surface area contributed by atoms with E-state index < -0.39 is 36.0 Å². The third kappa shape index (κ3) is 4.10. The number of nitrogens with one attached hydrogen (secondary N) is 1. The third-order valence-corrected chi connectivity index (χ3v) is 2.50. The number of hydrogen-bond acceptors (Lipinski definition) is 2. The summed E-state index contributed by atoms with van der Waals surface area (Å²) in [7, 11) is 0. The molecule has 0 spiro atoms. The van der Waals surface area contributed by atoms with Crippen molar-refractivity contribution in [2.24, 2.45) is 0 Å². The molecule has 1 rings (SSSR count). The first-order valence-corrected chi connectivity index (χ1v) is 5.65. The van der Waals surface area contributed by atoms with Crippen molar-refractivity contribution >= 4 is 5.91 Å². The third-order valence-electron chi connectivity index (χ3n) is 2.50. The van der Waals surface area contributed by atoms with Crippen molar-refractivity contribution in [1.82, 2.24) is 5.32 Å². The maximum absolute atomic E-state index is 13.1. The Morgan fingerprint density at radius 3 is 2.42 bits per heavy atom. The van der Waals surface area contributed by atoms with E-state index in [0.29, 0.717) is 6.42 Å². The van der Waals surface area contributed by atoms with Crippen molar-refractivity contribution in [2.75, 3.05) is 6.61 Å². The quantitative estimate of drug-likeness (QED) is 0.617. The van der Waals surface area contributed by atoms with Gasteiger partial charge in [-0.1, -0.05) is 6.08 Å². The molecule has 2 N–H and O–H groups in total. The van der Waals surface area contributed by atoms with Crippen LogP contribution in [0.4, 0.5) is 13.2 Å². The molecule has 0 aliphatic rings. The van der Waals surface area contributed by atoms with Gasteiger partial charge < -0.3 is 10.4 Å². The number of benzene rings is 1. The molecule has 3 nitrogen and oxygen atoms in total. The van der Waals surface area contributed by atoms with Crippen LogP contribution in [0.15, 0.2) is 24.8 Å². The van der Waals surface area contributed by atoms with Crippen LogP contribution in [0, 0.1) is 17.5 Å². The SMILES string of the molecule is C=CCCC(=O)NC(CO)c1cc(F)c(F)c(F)c1. The Morgan fingerprint density at radius 2 is 1.95 bits per heavy atom. The average molecular weight is 273 g/mol. The number of carbonyl (C=O) groups excluding carboxylic acids is 1. The van der Waals surface area contributed by atoms with Gasteiger partial charge in [-0.25, -0.2) is 13.2 Å². The van der Waals surface area contributed by atoms with Crippen LogP contribution in [0.3, 0.4) is 0 Å². The molecule has 0 bridgehead atoms. The fourth-order valence-corrected chi connectivity index (χ4v) is 1.51. The number of aliphatic hydroxyl groups excluding tert-OH is 1. The molecule has 0 aliphatic carbocycles. The van der Waals surface area contributed by atoms with E-state index in [4.69, 9.17) is 5.11 Å². The van der Waals surface area contributed by atoms with E-state index in [0.717, 1.165) is 12.1 Å². The molecule has 0 aromatic heterocycles. The van der Waals surface area contributed by atoms with Crippen molar-refractivity contribution in [3.63, 3.8) is 0 Å². The van der Waals surface area contributed by atoms with Crippen LogP contribution >= 0.6 is 0 Å². The van der Waals surface area contributed by atoms with Crippen LogP contribution in [-0.4, -0.2) is 17.6 Å². The van der Waals surface area contributed by atoms with Gasteiger partial charge in [-0.2, -0.15) is 0 Å². The van der Waals surface area contributed by atoms with Gasteiger partial charge in [0.1, 0.15) is 0 Å². The Labute approximate surface area is 108 Å². The second kappa shape index (κ2) is 6.94. The van der Waals surface area contributed by atoms with Crippen LogP contribution in [-0.2, 0) is 4.79 Å². The highest BCUT2D eigenvalue weighted by atomic mass is 19.2. The first kappa shape index (κ1) is 15.2. The zero-order valence-corrected chi connectivity index (χ0v) is 10.1. The molecule has 0 saturated carbocycles. The van der Waals surface area contributed by atoms with Gasteiger partial charge in [0.2, 0.25) is 5.91 Å². The number of rotatable bonds is 6. The van der Waals surface area contributed by atoms with E-state index >= 15 is 0 Å². The lowest BCUT2D eigenvalue weighted by Crippen LogP contribution is -2.30. The predicted octanol–water partition coefficient (Wildman–Crippen LogP) is 2.22. The van der Waals surface area contributed by atoms with Crippen LogP contribution in [0.5, 0.6) is 0 Å². The standard InChI is InChI=1S/C13H14F3NO2/c1-2-3-4-12(19)17-11(7-18)8-5-9(14)13(16)10(15)6-8/h2,5-6,11,18H,1,3-4,7H2,(H,17,19). The van der Waals surface area contributed by atoms with Gasteiger partial charge >= 0.3 is 0 Å². The maximum atomic E-state index is 13.1. The van der Waals surface area contributed by atoms with Crippen molar-refractivity contribution in [3.8, 4) is 0 Å². The normalized spacial score (nSPS) is 12.0. The highest BCUT2D eigenvalue weighted by molar-refractivity contribution is 5.76. The van der Waals surface area contributed by atoms with Gasteiger partial charge in [0.05, 0.1) is 12.6 Å². The lowest BCUT2D eigenvalue weighted by Gasteiger charge is -2.17. The Bertz CT molecular complexity index is 454. The van der Waals surface area contributed by atoms with E-state index in [1.54, 1.807) is 6.08 Å². The number of aliphatic hydroxyl groups is 1. The number of carbonyl (C=O) groups is 1. The minimum Gasteiger partial charge on any atom is -0.394 e. The largest absolute Gasteiger partial charge is 0.394 e. The van der Waals surface area contributed by atoms with Crippen molar-refractivity contribution in [3.05, 3.63) is 47.8 Å². The van der Waals surface area contributed by atoms with Gasteiger partial charge in [-0.05, 0) is 24.1 Å². The summed E-state index contributed by atoms with van der Waals surface area (Å²) < 4.78 is 38.9. The molecule has 19 heavy (non-hydrogen) atoms. The molecule has 1 atom stereocenters. The smallest absolute Gasteiger partial charge is 0.220 e. The van der Waals surface area contributed by atoms with Gasteiger partial charge in [-0.3, -0.25) is 4.79 Å². The van der Waals surface area contributed by atoms with E-state index in [1.807, 2.05) is 0 Å².